The third-order valence-electron chi connectivity index (χ3n) is 4.06. The molecule has 5 nitrogen and oxygen atoms in total. The molecular weight excluding hydrogens is 278 g/mol. The zero-order chi connectivity index (χ0) is 15.9. The van der Waals surface area contributed by atoms with Gasteiger partial charge in [-0.2, -0.15) is 5.26 Å². The Morgan fingerprint density at radius 3 is 2.73 bits per heavy atom. The zero-order valence-electron chi connectivity index (χ0n) is 13.0. The highest BCUT2D eigenvalue weighted by Gasteiger charge is 2.23. The lowest BCUT2D eigenvalue weighted by Crippen LogP contribution is -2.50. The van der Waals surface area contributed by atoms with Gasteiger partial charge in [0, 0.05) is 38.3 Å². The molecule has 1 amide bonds. The second-order valence-electron chi connectivity index (χ2n) is 5.69. The standard InChI is InChI=1S/C17H23N3O2/c1-2-16(21)13-19-8-10-20(11-9-19)17(22)15-5-3-4-14(12-15)6-7-18/h3-5,12,16,21H,2,6,8-11,13H2,1H3/t16-/m0/s1. The first-order chi connectivity index (χ1) is 10.6. The Hall–Kier alpha value is -1.90. The quantitative estimate of drug-likeness (QED) is 0.889. The maximum atomic E-state index is 12.5. The molecule has 1 aromatic rings. The van der Waals surface area contributed by atoms with Crippen LogP contribution in [0.4, 0.5) is 0 Å². The maximum Gasteiger partial charge on any atom is 0.253 e. The third-order valence-corrected chi connectivity index (χ3v) is 4.06. The smallest absolute Gasteiger partial charge is 0.253 e. The van der Waals surface area contributed by atoms with Gasteiger partial charge in [0.1, 0.15) is 0 Å². The van der Waals surface area contributed by atoms with E-state index < -0.39 is 0 Å². The molecule has 5 heteroatoms. The van der Waals surface area contributed by atoms with E-state index in [0.717, 1.165) is 25.1 Å². The minimum atomic E-state index is -0.287. The fourth-order valence-corrected chi connectivity index (χ4v) is 2.65. The molecule has 1 fully saturated rings. The topological polar surface area (TPSA) is 67.6 Å². The molecule has 0 saturated carbocycles. The number of carbonyl (C=O) groups excluding carboxylic acids is 1. The van der Waals surface area contributed by atoms with Gasteiger partial charge in [0.25, 0.3) is 5.91 Å². The number of carbonyl (C=O) groups is 1. The van der Waals surface area contributed by atoms with Crippen molar-refractivity contribution in [1.29, 1.82) is 5.26 Å². The Morgan fingerprint density at radius 1 is 1.36 bits per heavy atom. The zero-order valence-corrected chi connectivity index (χ0v) is 13.0. The van der Waals surface area contributed by atoms with Gasteiger partial charge in [-0.3, -0.25) is 9.69 Å². The lowest BCUT2D eigenvalue weighted by molar-refractivity contribution is 0.0523. The van der Waals surface area contributed by atoms with E-state index in [1.807, 2.05) is 24.0 Å². The predicted molar refractivity (Wildman–Crippen MR) is 84.4 cm³/mol. The van der Waals surface area contributed by atoms with Gasteiger partial charge in [-0.05, 0) is 24.1 Å². The molecule has 0 aromatic heterocycles. The summed E-state index contributed by atoms with van der Waals surface area (Å²) in [6, 6.07) is 9.40. The number of hydrogen-bond acceptors (Lipinski definition) is 4. The van der Waals surface area contributed by atoms with Crippen molar-refractivity contribution in [3.63, 3.8) is 0 Å². The van der Waals surface area contributed by atoms with Crippen LogP contribution >= 0.6 is 0 Å². The van der Waals surface area contributed by atoms with E-state index in [4.69, 9.17) is 5.26 Å². The van der Waals surface area contributed by atoms with E-state index in [1.54, 1.807) is 12.1 Å². The molecule has 0 spiro atoms. The van der Waals surface area contributed by atoms with Gasteiger partial charge in [0.2, 0.25) is 0 Å². The second-order valence-corrected chi connectivity index (χ2v) is 5.69. The van der Waals surface area contributed by atoms with Gasteiger partial charge in [-0.1, -0.05) is 19.1 Å². The minimum absolute atomic E-state index is 0.0236. The highest BCUT2D eigenvalue weighted by molar-refractivity contribution is 5.94. The van der Waals surface area contributed by atoms with Crippen molar-refractivity contribution in [2.45, 2.75) is 25.9 Å². The van der Waals surface area contributed by atoms with Crippen molar-refractivity contribution in [1.82, 2.24) is 9.80 Å². The lowest BCUT2D eigenvalue weighted by Gasteiger charge is -2.35. The Balaban J connectivity index is 1.92. The molecule has 0 unspecified atom stereocenters. The Morgan fingerprint density at radius 2 is 2.09 bits per heavy atom. The summed E-state index contributed by atoms with van der Waals surface area (Å²) in [5, 5.41) is 18.4. The highest BCUT2D eigenvalue weighted by Crippen LogP contribution is 2.12. The average Bonchev–Trinajstić information content (AvgIpc) is 2.55. The molecule has 1 N–H and O–H groups in total. The van der Waals surface area contributed by atoms with Crippen LogP contribution in [0.5, 0.6) is 0 Å². The van der Waals surface area contributed by atoms with Crippen molar-refractivity contribution in [3.8, 4) is 6.07 Å². The summed E-state index contributed by atoms with van der Waals surface area (Å²) < 4.78 is 0. The number of amides is 1. The third kappa shape index (κ3) is 4.30. The predicted octanol–water partition coefficient (Wildman–Crippen LogP) is 1.28. The molecule has 0 bridgehead atoms. The number of rotatable bonds is 5. The monoisotopic (exact) mass is 301 g/mol. The second kappa shape index (κ2) is 7.92. The van der Waals surface area contributed by atoms with E-state index in [9.17, 15) is 9.90 Å². The molecule has 22 heavy (non-hydrogen) atoms. The summed E-state index contributed by atoms with van der Waals surface area (Å²) in [5.74, 6) is 0.0236. The van der Waals surface area contributed by atoms with Crippen LogP contribution in [0.15, 0.2) is 24.3 Å². The largest absolute Gasteiger partial charge is 0.392 e. The number of aliphatic hydroxyl groups excluding tert-OH is 1. The van der Waals surface area contributed by atoms with Gasteiger partial charge in [0.05, 0.1) is 18.6 Å². The number of nitrogens with zero attached hydrogens (tertiary/aromatic N) is 3. The molecule has 1 atom stereocenters. The van der Waals surface area contributed by atoms with Crippen LogP contribution in [0.3, 0.4) is 0 Å². The SMILES string of the molecule is CC[C@H](O)CN1CCN(C(=O)c2cccc(CC#N)c2)CC1. The van der Waals surface area contributed by atoms with E-state index in [0.29, 0.717) is 31.6 Å². The number of piperazine rings is 1. The molecule has 1 aliphatic heterocycles. The van der Waals surface area contributed by atoms with Crippen molar-refractivity contribution >= 4 is 5.91 Å². The normalized spacial score (nSPS) is 17.0. The van der Waals surface area contributed by atoms with Crippen LogP contribution < -0.4 is 0 Å². The summed E-state index contributed by atoms with van der Waals surface area (Å²) in [5.41, 5.74) is 1.52. The van der Waals surface area contributed by atoms with Crippen molar-refractivity contribution in [3.05, 3.63) is 35.4 Å². The van der Waals surface area contributed by atoms with E-state index in [2.05, 4.69) is 11.0 Å². The summed E-state index contributed by atoms with van der Waals surface area (Å²) in [6.45, 7) is 5.59. The van der Waals surface area contributed by atoms with E-state index >= 15 is 0 Å². The molecule has 1 aromatic carbocycles. The van der Waals surface area contributed by atoms with E-state index in [-0.39, 0.29) is 12.0 Å². The van der Waals surface area contributed by atoms with E-state index in [1.165, 1.54) is 0 Å². The summed E-state index contributed by atoms with van der Waals surface area (Å²) >= 11 is 0. The molecule has 2 rings (SSSR count). The molecule has 1 saturated heterocycles. The Bertz CT molecular complexity index is 545. The Kier molecular flexibility index (Phi) is 5.93. The molecule has 0 radical (unpaired) electrons. The molecular formula is C17H23N3O2. The summed E-state index contributed by atoms with van der Waals surface area (Å²) in [4.78, 5) is 16.6. The van der Waals surface area contributed by atoms with Crippen LogP contribution in [0, 0.1) is 11.3 Å². The van der Waals surface area contributed by atoms with Crippen LogP contribution in [0.2, 0.25) is 0 Å². The lowest BCUT2D eigenvalue weighted by atomic mass is 10.1. The molecule has 118 valence electrons. The van der Waals surface area contributed by atoms with Gasteiger partial charge in [-0.25, -0.2) is 0 Å². The Labute approximate surface area is 131 Å². The highest BCUT2D eigenvalue weighted by atomic mass is 16.3. The molecule has 1 heterocycles. The molecule has 0 aliphatic carbocycles. The van der Waals surface area contributed by atoms with Crippen molar-refractivity contribution in [2.75, 3.05) is 32.7 Å². The van der Waals surface area contributed by atoms with Crippen LogP contribution in [-0.2, 0) is 6.42 Å². The number of aliphatic hydroxyl groups is 1. The number of benzene rings is 1. The average molecular weight is 301 g/mol. The van der Waals surface area contributed by atoms with Gasteiger partial charge in [0.15, 0.2) is 0 Å². The van der Waals surface area contributed by atoms with Gasteiger partial charge >= 0.3 is 0 Å². The van der Waals surface area contributed by atoms with Crippen molar-refractivity contribution in [2.24, 2.45) is 0 Å². The van der Waals surface area contributed by atoms with Crippen LogP contribution in [0.25, 0.3) is 0 Å². The number of nitriles is 1. The first kappa shape index (κ1) is 16.5. The number of hydrogen-bond donors (Lipinski definition) is 1. The van der Waals surface area contributed by atoms with Crippen LogP contribution in [-0.4, -0.2) is 59.6 Å². The van der Waals surface area contributed by atoms with Crippen molar-refractivity contribution < 1.29 is 9.90 Å². The minimum Gasteiger partial charge on any atom is -0.392 e. The van der Waals surface area contributed by atoms with Gasteiger partial charge < -0.3 is 10.0 Å². The fourth-order valence-electron chi connectivity index (χ4n) is 2.65. The fraction of sp³-hybridized carbons (Fsp3) is 0.529. The summed E-state index contributed by atoms with van der Waals surface area (Å²) in [6.07, 6.45) is 0.791. The first-order valence-electron chi connectivity index (χ1n) is 7.79. The van der Waals surface area contributed by atoms with Gasteiger partial charge in [-0.15, -0.1) is 0 Å². The molecule has 1 aliphatic rings. The summed E-state index contributed by atoms with van der Waals surface area (Å²) in [7, 11) is 0. The number of β-amino-alcohol motifs (C(OH)–C–C–N with tert-alkyl or cyclic N) is 1. The first-order valence-corrected chi connectivity index (χ1v) is 7.79. The maximum absolute atomic E-state index is 12.5. The van der Waals surface area contributed by atoms with Crippen LogP contribution in [0.1, 0.15) is 29.3 Å².